The molecule has 0 amide bonds. The van der Waals surface area contributed by atoms with Gasteiger partial charge in [-0.2, -0.15) is 0 Å². The highest BCUT2D eigenvalue weighted by Gasteiger charge is 2.50. The van der Waals surface area contributed by atoms with Crippen molar-refractivity contribution in [1.82, 2.24) is 18.9 Å². The first-order valence-corrected chi connectivity index (χ1v) is 14.3. The third-order valence-corrected chi connectivity index (χ3v) is 6.23. The van der Waals surface area contributed by atoms with E-state index in [1.54, 1.807) is 23.3 Å². The van der Waals surface area contributed by atoms with Gasteiger partial charge in [-0.25, -0.2) is 18.9 Å². The molecular formula is C10H16I2N5O4P. The van der Waals surface area contributed by atoms with Gasteiger partial charge in [0.05, 0.1) is 7.05 Å². The number of hydrogen-bond donors (Lipinski definition) is 0. The van der Waals surface area contributed by atoms with E-state index in [1.165, 1.54) is 10.8 Å². The maximum atomic E-state index is 12.8. The van der Waals surface area contributed by atoms with Gasteiger partial charge in [-0.3, -0.25) is 9.09 Å². The predicted octanol–water partition coefficient (Wildman–Crippen LogP) is 2.92. The average molecular weight is 555 g/mol. The second-order valence-corrected chi connectivity index (χ2v) is 7.26. The smallest absolute Gasteiger partial charge is 0.346 e. The molecule has 3 heterocycles. The zero-order valence-electron chi connectivity index (χ0n) is 12.1. The second kappa shape index (κ2) is 7.38. The van der Waals surface area contributed by atoms with Gasteiger partial charge in [0, 0.05) is 63.4 Å². The van der Waals surface area contributed by atoms with E-state index in [0.717, 1.165) is 26.2 Å². The number of rotatable bonds is 6. The predicted molar refractivity (Wildman–Crippen MR) is 98.2 cm³/mol. The number of halogens is 2. The van der Waals surface area contributed by atoms with Crippen LogP contribution in [0.25, 0.3) is 0 Å². The van der Waals surface area contributed by atoms with E-state index >= 15 is 0 Å². The topological polar surface area (TPSA) is 93.3 Å². The van der Waals surface area contributed by atoms with Crippen LogP contribution in [-0.4, -0.2) is 50.0 Å². The fourth-order valence-electron chi connectivity index (χ4n) is 2.12. The monoisotopic (exact) mass is 555 g/mol. The Morgan fingerprint density at radius 3 is 2.23 bits per heavy atom. The van der Waals surface area contributed by atoms with Crippen molar-refractivity contribution in [1.29, 1.82) is 0 Å². The van der Waals surface area contributed by atoms with Gasteiger partial charge in [0.2, 0.25) is 5.82 Å². The number of nitrogens with zero attached hydrogens (tertiary/aromatic N) is 5. The molecule has 3 rings (SSSR count). The number of imidazole rings is 1. The third kappa shape index (κ3) is 3.80. The van der Waals surface area contributed by atoms with Crippen molar-refractivity contribution in [3.05, 3.63) is 22.1 Å². The van der Waals surface area contributed by atoms with Gasteiger partial charge in [0.15, 0.2) is 0 Å². The van der Waals surface area contributed by atoms with Crippen LogP contribution in [0.15, 0.2) is 6.20 Å². The third-order valence-electron chi connectivity index (χ3n) is 3.41. The minimum atomic E-state index is -2.95. The van der Waals surface area contributed by atoms with Crippen molar-refractivity contribution in [2.45, 2.75) is 13.0 Å². The molecule has 1 aromatic rings. The molecule has 12 heteroatoms. The summed E-state index contributed by atoms with van der Waals surface area (Å²) >= 11 is 4.24. The zero-order chi connectivity index (χ0) is 16.5. The Balaban J connectivity index is 0.000000847. The van der Waals surface area contributed by atoms with Crippen molar-refractivity contribution in [3.63, 3.8) is 0 Å². The number of aromatic nitrogens is 2. The van der Waals surface area contributed by atoms with Gasteiger partial charge in [-0.1, -0.05) is 0 Å². The fraction of sp³-hybridized carbons (Fsp3) is 0.700. The van der Waals surface area contributed by atoms with Crippen molar-refractivity contribution in [3.8, 4) is 0 Å². The molecule has 0 bridgehead atoms. The first-order chi connectivity index (χ1) is 10.4. The van der Waals surface area contributed by atoms with E-state index in [-0.39, 0.29) is 5.82 Å². The van der Waals surface area contributed by atoms with Crippen LogP contribution in [0.3, 0.4) is 0 Å². The van der Waals surface area contributed by atoms with Crippen LogP contribution in [0.1, 0.15) is 18.9 Å². The van der Waals surface area contributed by atoms with E-state index in [4.69, 9.17) is 4.52 Å². The number of nitro groups is 1. The van der Waals surface area contributed by atoms with E-state index in [2.05, 4.69) is 42.2 Å². The van der Waals surface area contributed by atoms with Crippen LogP contribution in [-0.2, 0) is 16.1 Å². The van der Waals surface area contributed by atoms with E-state index in [9.17, 15) is 14.7 Å². The molecule has 2 aliphatic heterocycles. The summed E-state index contributed by atoms with van der Waals surface area (Å²) < 4.78 is 23.5. The lowest BCUT2D eigenvalue weighted by atomic mass is 10.4. The Bertz CT molecular complexity index is 588. The summed E-state index contributed by atoms with van der Waals surface area (Å²) in [5.41, 5.74) is 0. The van der Waals surface area contributed by atoms with Gasteiger partial charge < -0.3 is 10.1 Å². The molecule has 1 aromatic heterocycles. The number of hydrogen-bond acceptors (Lipinski definition) is 5. The van der Waals surface area contributed by atoms with Gasteiger partial charge in [-0.15, -0.1) is 0 Å². The SMILES string of the molecule is CC(OP(=O)(N1CC1)N1CC1)c1ncc([N+](=O)[O-])n1C.II. The van der Waals surface area contributed by atoms with Gasteiger partial charge in [0.1, 0.15) is 12.3 Å². The summed E-state index contributed by atoms with van der Waals surface area (Å²) in [5.74, 6) is 0.296. The summed E-state index contributed by atoms with van der Waals surface area (Å²) in [7, 11) is -1.40. The van der Waals surface area contributed by atoms with E-state index in [0.29, 0.717) is 5.82 Å². The maximum Gasteiger partial charge on any atom is 0.346 e. The molecule has 1 unspecified atom stereocenters. The zero-order valence-corrected chi connectivity index (χ0v) is 17.3. The Morgan fingerprint density at radius 2 is 1.86 bits per heavy atom. The Kier molecular flexibility index (Phi) is 6.21. The van der Waals surface area contributed by atoms with E-state index < -0.39 is 18.7 Å². The van der Waals surface area contributed by atoms with Crippen molar-refractivity contribution >= 4 is 50.7 Å². The molecule has 0 saturated carbocycles. The molecule has 1 atom stereocenters. The molecule has 2 fully saturated rings. The Hall–Kier alpha value is 0.180. The standard InChI is InChI=1S/C10H16N5O4P.I2/c1-8(10-11-7-9(12(10)2)15(16)17)19-20(18,13-3-4-13)14-5-6-14;1-2/h7-8H,3-6H2,1-2H3;. The van der Waals surface area contributed by atoms with Crippen LogP contribution < -0.4 is 0 Å². The van der Waals surface area contributed by atoms with Crippen molar-refractivity contribution in [2.24, 2.45) is 7.05 Å². The maximum absolute atomic E-state index is 12.8. The molecule has 124 valence electrons. The first-order valence-electron chi connectivity index (χ1n) is 6.53. The highest BCUT2D eigenvalue weighted by atomic mass is 128. The second-order valence-electron chi connectivity index (χ2n) is 4.94. The van der Waals surface area contributed by atoms with Crippen LogP contribution >= 0.6 is 44.9 Å². The van der Waals surface area contributed by atoms with Crippen LogP contribution in [0.5, 0.6) is 0 Å². The lowest BCUT2D eigenvalue weighted by Crippen LogP contribution is -2.13. The largest absolute Gasteiger partial charge is 0.358 e. The van der Waals surface area contributed by atoms with Crippen molar-refractivity contribution in [2.75, 3.05) is 26.2 Å². The van der Waals surface area contributed by atoms with Gasteiger partial charge in [-0.05, 0) is 11.8 Å². The highest BCUT2D eigenvalue weighted by Crippen LogP contribution is 2.63. The molecule has 2 saturated heterocycles. The van der Waals surface area contributed by atoms with Gasteiger partial charge in [0.25, 0.3) is 0 Å². The normalized spacial score (nSPS) is 19.3. The lowest BCUT2D eigenvalue weighted by Gasteiger charge is -2.22. The summed E-state index contributed by atoms with van der Waals surface area (Å²) in [5, 5.41) is 10.8. The molecule has 2 aliphatic rings. The summed E-state index contributed by atoms with van der Waals surface area (Å²) in [6.45, 7) is 4.77. The molecule has 0 radical (unpaired) electrons. The van der Waals surface area contributed by atoms with Gasteiger partial charge >= 0.3 is 13.5 Å². The molecule has 22 heavy (non-hydrogen) atoms. The summed E-state index contributed by atoms with van der Waals surface area (Å²) in [6.07, 6.45) is 0.621. The quantitative estimate of drug-likeness (QED) is 0.175. The summed E-state index contributed by atoms with van der Waals surface area (Å²) in [4.78, 5) is 14.3. The summed E-state index contributed by atoms with van der Waals surface area (Å²) in [6, 6.07) is 0. The van der Waals surface area contributed by atoms with E-state index in [1.807, 2.05) is 0 Å². The first kappa shape index (κ1) is 18.5. The van der Waals surface area contributed by atoms with Crippen molar-refractivity contribution < 1.29 is 14.0 Å². The molecule has 0 N–H and O–H groups in total. The Morgan fingerprint density at radius 1 is 1.36 bits per heavy atom. The average Bonchev–Trinajstić information content (AvgIpc) is 3.37. The van der Waals surface area contributed by atoms with Crippen LogP contribution in [0, 0.1) is 10.1 Å². The minimum Gasteiger partial charge on any atom is -0.358 e. The Labute approximate surface area is 151 Å². The molecular weight excluding hydrogens is 539 g/mol. The molecule has 0 aliphatic carbocycles. The highest BCUT2D eigenvalue weighted by molar-refractivity contribution is 15.0. The minimum absolute atomic E-state index is 0.108. The van der Waals surface area contributed by atoms with Crippen LogP contribution in [0.2, 0.25) is 0 Å². The fourth-order valence-corrected chi connectivity index (χ4v) is 4.44. The lowest BCUT2D eigenvalue weighted by molar-refractivity contribution is -0.391. The molecule has 0 spiro atoms. The van der Waals surface area contributed by atoms with Crippen LogP contribution in [0.4, 0.5) is 5.82 Å². The molecule has 9 nitrogen and oxygen atoms in total. The molecule has 0 aromatic carbocycles.